The van der Waals surface area contributed by atoms with Crippen molar-refractivity contribution in [2.45, 2.75) is 44.1 Å². The molecule has 30 heavy (non-hydrogen) atoms. The maximum atomic E-state index is 14.8. The van der Waals surface area contributed by atoms with Crippen molar-refractivity contribution in [2.75, 3.05) is 5.32 Å². The minimum Gasteiger partial charge on any atom is -0.367 e. The highest BCUT2D eigenvalue weighted by Gasteiger charge is 2.41. The number of alkyl halides is 2. The highest BCUT2D eigenvalue weighted by atomic mass is 19.3. The molecule has 0 unspecified atom stereocenters. The summed E-state index contributed by atoms with van der Waals surface area (Å²) in [6.45, 7) is 1.85. The molecule has 1 aromatic carbocycles. The van der Waals surface area contributed by atoms with Crippen molar-refractivity contribution in [3.05, 3.63) is 59.6 Å². The third-order valence-electron chi connectivity index (χ3n) is 5.51. The van der Waals surface area contributed by atoms with Crippen LogP contribution < -0.4 is 5.32 Å². The van der Waals surface area contributed by atoms with Gasteiger partial charge in [0.05, 0.1) is 11.6 Å². The van der Waals surface area contributed by atoms with Crippen molar-refractivity contribution in [1.29, 1.82) is 0 Å². The van der Waals surface area contributed by atoms with Gasteiger partial charge in [0.15, 0.2) is 5.65 Å². The molecule has 0 amide bonds. The van der Waals surface area contributed by atoms with Crippen molar-refractivity contribution < 1.29 is 13.3 Å². The lowest BCUT2D eigenvalue weighted by Gasteiger charge is -2.13. The molecular formula is C20H19F2N7O. The van der Waals surface area contributed by atoms with Crippen molar-refractivity contribution in [3.8, 4) is 0 Å². The zero-order valence-corrected chi connectivity index (χ0v) is 16.1. The van der Waals surface area contributed by atoms with E-state index in [-0.39, 0.29) is 23.4 Å². The molecule has 0 saturated heterocycles. The van der Waals surface area contributed by atoms with Gasteiger partial charge in [-0.1, -0.05) is 35.0 Å². The van der Waals surface area contributed by atoms with E-state index in [9.17, 15) is 8.78 Å². The monoisotopic (exact) mass is 411 g/mol. The Balaban J connectivity index is 1.30. The van der Waals surface area contributed by atoms with Gasteiger partial charge in [-0.3, -0.25) is 5.10 Å². The molecule has 2 N–H and O–H groups in total. The van der Waals surface area contributed by atoms with Crippen LogP contribution in [0.3, 0.4) is 0 Å². The normalized spacial score (nSPS) is 19.4. The maximum Gasteiger partial charge on any atom is 0.335 e. The molecule has 8 nitrogen and oxygen atoms in total. The topological polar surface area (TPSA) is 105 Å². The number of halogens is 2. The van der Waals surface area contributed by atoms with E-state index in [0.29, 0.717) is 17.9 Å². The molecule has 4 aromatic rings. The first-order valence-electron chi connectivity index (χ1n) is 9.70. The van der Waals surface area contributed by atoms with Crippen molar-refractivity contribution >= 4 is 16.9 Å². The zero-order chi connectivity index (χ0) is 20.7. The molecule has 154 valence electrons. The summed E-state index contributed by atoms with van der Waals surface area (Å²) in [4.78, 5) is 12.5. The van der Waals surface area contributed by atoms with Crippen LogP contribution >= 0.6 is 0 Å². The number of H-pyrrole nitrogens is 1. The number of anilines is 1. The van der Waals surface area contributed by atoms with Crippen LogP contribution in [-0.4, -0.2) is 36.3 Å². The number of nitrogens with zero attached hydrogens (tertiary/aromatic N) is 5. The second-order valence-corrected chi connectivity index (χ2v) is 7.60. The van der Waals surface area contributed by atoms with Gasteiger partial charge in [0, 0.05) is 17.5 Å². The number of fused-ring (bicyclic) bond motifs is 1. The smallest absolute Gasteiger partial charge is 0.335 e. The molecule has 0 radical (unpaired) electrons. The summed E-state index contributed by atoms with van der Waals surface area (Å²) in [5, 5.41) is 14.6. The Morgan fingerprint density at radius 3 is 2.83 bits per heavy atom. The summed E-state index contributed by atoms with van der Waals surface area (Å²) in [6.07, 6.45) is 5.41. The molecule has 2 atom stereocenters. The molecule has 1 aliphatic carbocycles. The van der Waals surface area contributed by atoms with Crippen LogP contribution in [-0.2, 0) is 5.92 Å². The van der Waals surface area contributed by atoms with Crippen LogP contribution in [0.2, 0.25) is 0 Å². The van der Waals surface area contributed by atoms with Gasteiger partial charge in [0.25, 0.3) is 0 Å². The van der Waals surface area contributed by atoms with E-state index in [0.717, 1.165) is 23.8 Å². The lowest BCUT2D eigenvalue weighted by Crippen LogP contribution is -2.18. The summed E-state index contributed by atoms with van der Waals surface area (Å²) >= 11 is 0. The van der Waals surface area contributed by atoms with Crippen LogP contribution in [0.15, 0.2) is 41.3 Å². The van der Waals surface area contributed by atoms with Crippen LogP contribution in [0.25, 0.3) is 11.0 Å². The van der Waals surface area contributed by atoms with E-state index in [1.54, 1.807) is 18.3 Å². The van der Waals surface area contributed by atoms with Gasteiger partial charge in [0.1, 0.15) is 12.1 Å². The Morgan fingerprint density at radius 2 is 2.00 bits per heavy atom. The Labute approximate surface area is 170 Å². The average Bonchev–Trinajstić information content (AvgIpc) is 3.49. The number of benzene rings is 1. The van der Waals surface area contributed by atoms with E-state index < -0.39 is 11.7 Å². The van der Waals surface area contributed by atoms with Crippen molar-refractivity contribution in [1.82, 2.24) is 30.3 Å². The molecule has 1 fully saturated rings. The lowest BCUT2D eigenvalue weighted by atomic mass is 10.1. The number of rotatable bonds is 5. The van der Waals surface area contributed by atoms with Crippen LogP contribution in [0, 0.1) is 6.92 Å². The van der Waals surface area contributed by atoms with Gasteiger partial charge in [-0.25, -0.2) is 9.97 Å². The minimum atomic E-state index is -3.31. The van der Waals surface area contributed by atoms with E-state index in [1.807, 2.05) is 6.92 Å². The van der Waals surface area contributed by atoms with Crippen LogP contribution in [0.1, 0.15) is 48.0 Å². The van der Waals surface area contributed by atoms with E-state index in [2.05, 4.69) is 35.6 Å². The summed E-state index contributed by atoms with van der Waals surface area (Å²) in [6, 6.07) is 6.16. The number of hydrogen-bond donors (Lipinski definition) is 2. The average molecular weight is 411 g/mol. The van der Waals surface area contributed by atoms with Gasteiger partial charge < -0.3 is 9.84 Å². The maximum absolute atomic E-state index is 14.8. The van der Waals surface area contributed by atoms with Crippen LogP contribution in [0.5, 0.6) is 0 Å². The van der Waals surface area contributed by atoms with Gasteiger partial charge in [0.2, 0.25) is 11.7 Å². The SMILES string of the molecule is Cc1ccc(C(F)(F)c2noc([C@H]3CC[C@H](Nc4ncnc5[nH]ncc45)C3)n2)cc1. The number of aromatic nitrogens is 6. The third kappa shape index (κ3) is 3.27. The van der Waals surface area contributed by atoms with Gasteiger partial charge in [-0.05, 0) is 26.2 Å². The summed E-state index contributed by atoms with van der Waals surface area (Å²) in [5.74, 6) is -3.05. The Kier molecular flexibility index (Phi) is 4.41. The molecule has 3 aromatic heterocycles. The highest BCUT2D eigenvalue weighted by molar-refractivity contribution is 5.85. The molecule has 3 heterocycles. The first-order valence-corrected chi connectivity index (χ1v) is 9.70. The molecule has 0 bridgehead atoms. The van der Waals surface area contributed by atoms with Crippen molar-refractivity contribution in [2.24, 2.45) is 0 Å². The lowest BCUT2D eigenvalue weighted by molar-refractivity contribution is 0.0304. The zero-order valence-electron chi connectivity index (χ0n) is 16.1. The van der Waals surface area contributed by atoms with Gasteiger partial charge in [-0.2, -0.15) is 18.9 Å². The molecule has 0 spiro atoms. The van der Waals surface area contributed by atoms with E-state index >= 15 is 0 Å². The summed E-state index contributed by atoms with van der Waals surface area (Å²) in [5.41, 5.74) is 1.41. The molecule has 5 rings (SSSR count). The third-order valence-corrected chi connectivity index (χ3v) is 5.51. The number of aryl methyl sites for hydroxylation is 1. The molecular weight excluding hydrogens is 392 g/mol. The summed E-state index contributed by atoms with van der Waals surface area (Å²) < 4.78 is 34.8. The second-order valence-electron chi connectivity index (χ2n) is 7.60. The fourth-order valence-electron chi connectivity index (χ4n) is 3.83. The second kappa shape index (κ2) is 7.12. The Bertz CT molecular complexity index is 1170. The molecule has 10 heteroatoms. The van der Waals surface area contributed by atoms with Crippen molar-refractivity contribution in [3.63, 3.8) is 0 Å². The van der Waals surface area contributed by atoms with E-state index in [1.165, 1.54) is 18.5 Å². The summed E-state index contributed by atoms with van der Waals surface area (Å²) in [7, 11) is 0. The highest BCUT2D eigenvalue weighted by Crippen LogP contribution is 2.38. The minimum absolute atomic E-state index is 0.0840. The number of aromatic amines is 1. The first kappa shape index (κ1) is 18.6. The molecule has 1 saturated carbocycles. The quantitative estimate of drug-likeness (QED) is 0.512. The molecule has 1 aliphatic rings. The van der Waals surface area contributed by atoms with Crippen LogP contribution in [0.4, 0.5) is 14.6 Å². The molecule has 0 aliphatic heterocycles. The number of nitrogens with one attached hydrogen (secondary N) is 2. The standard InChI is InChI=1S/C20H19F2N7O/c1-11-2-5-13(6-3-11)20(21,22)19-27-18(30-29-19)12-4-7-14(8-12)26-16-15-9-25-28-17(15)24-10-23-16/h2-3,5-6,9-10,12,14H,4,7-8H2,1H3,(H2,23,24,25,26,28)/t12-,14-/m0/s1. The fourth-order valence-corrected chi connectivity index (χ4v) is 3.83. The van der Waals surface area contributed by atoms with E-state index in [4.69, 9.17) is 4.52 Å². The fraction of sp³-hybridized carbons (Fsp3) is 0.350. The van der Waals surface area contributed by atoms with Gasteiger partial charge >= 0.3 is 5.92 Å². The largest absolute Gasteiger partial charge is 0.367 e. The first-order chi connectivity index (χ1) is 14.5. The predicted molar refractivity (Wildman–Crippen MR) is 104 cm³/mol. The Hall–Kier alpha value is -3.43. The van der Waals surface area contributed by atoms with Gasteiger partial charge in [-0.15, -0.1) is 0 Å². The Morgan fingerprint density at radius 1 is 1.17 bits per heavy atom. The predicted octanol–water partition coefficient (Wildman–Crippen LogP) is 3.93. The number of hydrogen-bond acceptors (Lipinski definition) is 7.